The molecule has 0 spiro atoms. The van der Waals surface area contributed by atoms with E-state index in [4.69, 9.17) is 4.74 Å². The third-order valence-electron chi connectivity index (χ3n) is 5.73. The number of amides is 1. The highest BCUT2D eigenvalue weighted by molar-refractivity contribution is 6.13. The van der Waals surface area contributed by atoms with Gasteiger partial charge in [0.2, 0.25) is 0 Å². The number of carbonyl (C=O) groups is 1. The molecule has 30 heavy (non-hydrogen) atoms. The summed E-state index contributed by atoms with van der Waals surface area (Å²) in [7, 11) is 0. The van der Waals surface area contributed by atoms with Crippen LogP contribution in [0.2, 0.25) is 0 Å². The first kappa shape index (κ1) is 17.1. The monoisotopic (exact) mass is 401 g/mol. The predicted octanol–water partition coefficient (Wildman–Crippen LogP) is 3.22. The first-order valence-electron chi connectivity index (χ1n) is 9.75. The minimum Gasteiger partial charge on any atom is -0.493 e. The van der Waals surface area contributed by atoms with E-state index in [1.165, 1.54) is 6.07 Å². The van der Waals surface area contributed by atoms with Gasteiger partial charge in [0.1, 0.15) is 29.5 Å². The Kier molecular flexibility index (Phi) is 3.61. The van der Waals surface area contributed by atoms with Crippen LogP contribution in [0.15, 0.2) is 43.0 Å². The van der Waals surface area contributed by atoms with E-state index in [-0.39, 0.29) is 11.7 Å². The van der Waals surface area contributed by atoms with Crippen molar-refractivity contribution in [2.24, 2.45) is 0 Å². The fraction of sp³-hybridized carbons (Fsp3) is 0.182. The highest BCUT2D eigenvalue weighted by Gasteiger charge is 2.26. The number of ether oxygens (including phenoxy) is 1. The Bertz CT molecular complexity index is 1350. The van der Waals surface area contributed by atoms with Gasteiger partial charge in [0.15, 0.2) is 5.69 Å². The van der Waals surface area contributed by atoms with Crippen molar-refractivity contribution in [3.05, 3.63) is 71.4 Å². The normalized spacial score (nSPS) is 14.1. The van der Waals surface area contributed by atoms with Gasteiger partial charge < -0.3 is 10.1 Å². The van der Waals surface area contributed by atoms with Gasteiger partial charge >= 0.3 is 0 Å². The summed E-state index contributed by atoms with van der Waals surface area (Å²) in [4.78, 5) is 25.9. The molecule has 0 unspecified atom stereocenters. The quantitative estimate of drug-likeness (QED) is 0.570. The Balaban J connectivity index is 1.44. The minimum absolute atomic E-state index is 0.226. The lowest BCUT2D eigenvalue weighted by atomic mass is 9.99. The smallest absolute Gasteiger partial charge is 0.277 e. The average Bonchev–Trinajstić information content (AvgIpc) is 3.38. The van der Waals surface area contributed by atoms with Crippen molar-refractivity contribution in [1.29, 1.82) is 0 Å². The number of fused-ring (bicyclic) bond motifs is 3. The van der Waals surface area contributed by atoms with Crippen LogP contribution >= 0.6 is 0 Å². The van der Waals surface area contributed by atoms with Crippen molar-refractivity contribution >= 4 is 17.2 Å². The Hall–Kier alpha value is -3.81. The zero-order valence-corrected chi connectivity index (χ0v) is 15.9. The lowest BCUT2D eigenvalue weighted by Gasteiger charge is -2.11. The van der Waals surface area contributed by atoms with Gasteiger partial charge in [-0.15, -0.1) is 0 Å². The van der Waals surface area contributed by atoms with Crippen LogP contribution in [-0.2, 0) is 19.3 Å². The third-order valence-corrected chi connectivity index (χ3v) is 5.73. The maximum atomic E-state index is 14.5. The molecule has 1 aromatic carbocycles. The number of hydrogen-bond donors (Lipinski definition) is 1. The number of aromatic nitrogens is 4. The van der Waals surface area contributed by atoms with Gasteiger partial charge in [-0.1, -0.05) is 0 Å². The fourth-order valence-electron chi connectivity index (χ4n) is 4.32. The number of rotatable bonds is 3. The molecular formula is C22H16FN5O2. The molecule has 0 atom stereocenters. The van der Waals surface area contributed by atoms with Crippen molar-refractivity contribution in [2.45, 2.75) is 19.3 Å². The average molecular weight is 401 g/mol. The largest absolute Gasteiger partial charge is 0.493 e. The number of carbonyl (C=O) groups excluding carboxylic acids is 1. The summed E-state index contributed by atoms with van der Waals surface area (Å²) < 4.78 is 21.9. The van der Waals surface area contributed by atoms with E-state index in [0.717, 1.165) is 22.4 Å². The summed E-state index contributed by atoms with van der Waals surface area (Å²) in [5, 5.41) is 2.81. The van der Waals surface area contributed by atoms with E-state index in [1.54, 1.807) is 24.8 Å². The standard InChI is InChI=1S/C22H16FN5O2/c23-16-4-5-17-13(7-9-30-17)12(16)3-6-18-25-10-15-14-2-1-8-24-21(14)27-22(29)19-20(15)28(18)11-26-19/h1-2,4-5,8,10-11H,3,6-7,9H2,(H,24,27,29). The Morgan fingerprint density at radius 3 is 3.00 bits per heavy atom. The minimum atomic E-state index is -0.308. The van der Waals surface area contributed by atoms with Gasteiger partial charge in [-0.25, -0.2) is 19.3 Å². The van der Waals surface area contributed by atoms with Crippen LogP contribution in [0.1, 0.15) is 27.4 Å². The van der Waals surface area contributed by atoms with Gasteiger partial charge in [-0.2, -0.15) is 0 Å². The van der Waals surface area contributed by atoms with Crippen LogP contribution in [0.25, 0.3) is 16.6 Å². The Labute approximate surface area is 170 Å². The lowest BCUT2D eigenvalue weighted by Crippen LogP contribution is -2.12. The molecule has 0 radical (unpaired) electrons. The molecular weight excluding hydrogens is 385 g/mol. The van der Waals surface area contributed by atoms with Crippen LogP contribution in [0.5, 0.6) is 5.75 Å². The highest BCUT2D eigenvalue weighted by Crippen LogP contribution is 2.35. The van der Waals surface area contributed by atoms with E-state index in [2.05, 4.69) is 20.3 Å². The van der Waals surface area contributed by atoms with Crippen molar-refractivity contribution in [3.63, 3.8) is 0 Å². The van der Waals surface area contributed by atoms with E-state index < -0.39 is 0 Å². The zero-order valence-electron chi connectivity index (χ0n) is 15.9. The molecule has 0 saturated heterocycles. The van der Waals surface area contributed by atoms with Crippen LogP contribution in [0, 0.1) is 5.82 Å². The summed E-state index contributed by atoms with van der Waals surface area (Å²) >= 11 is 0. The first-order valence-corrected chi connectivity index (χ1v) is 9.75. The van der Waals surface area contributed by atoms with E-state index in [1.807, 2.05) is 16.5 Å². The second kappa shape index (κ2) is 6.35. The molecule has 8 heteroatoms. The molecule has 5 heterocycles. The lowest BCUT2D eigenvalue weighted by molar-refractivity contribution is 0.102. The number of pyridine rings is 1. The van der Waals surface area contributed by atoms with Gasteiger partial charge in [0.05, 0.1) is 12.1 Å². The van der Waals surface area contributed by atoms with Crippen LogP contribution < -0.4 is 10.1 Å². The summed E-state index contributed by atoms with van der Waals surface area (Å²) in [5.41, 5.74) is 4.19. The number of halogens is 1. The Morgan fingerprint density at radius 1 is 1.13 bits per heavy atom. The zero-order chi connectivity index (χ0) is 20.2. The fourth-order valence-corrected chi connectivity index (χ4v) is 4.32. The van der Waals surface area contributed by atoms with Crippen molar-refractivity contribution < 1.29 is 13.9 Å². The molecule has 6 rings (SSSR count). The van der Waals surface area contributed by atoms with Crippen LogP contribution in [0.3, 0.4) is 0 Å². The van der Waals surface area contributed by atoms with Crippen molar-refractivity contribution in [2.75, 3.05) is 11.9 Å². The van der Waals surface area contributed by atoms with Crippen molar-refractivity contribution in [3.8, 4) is 16.9 Å². The predicted molar refractivity (Wildman–Crippen MR) is 107 cm³/mol. The summed E-state index contributed by atoms with van der Waals surface area (Å²) in [6, 6.07) is 6.85. The summed E-state index contributed by atoms with van der Waals surface area (Å²) in [6.07, 6.45) is 6.67. The van der Waals surface area contributed by atoms with Crippen LogP contribution in [-0.4, -0.2) is 31.9 Å². The molecule has 0 bridgehead atoms. The number of benzene rings is 1. The summed E-state index contributed by atoms with van der Waals surface area (Å²) in [5.74, 6) is 1.42. The summed E-state index contributed by atoms with van der Waals surface area (Å²) in [6.45, 7) is 0.580. The van der Waals surface area contributed by atoms with Crippen molar-refractivity contribution in [1.82, 2.24) is 19.4 Å². The van der Waals surface area contributed by atoms with Gasteiger partial charge in [-0.05, 0) is 36.2 Å². The second-order valence-corrected chi connectivity index (χ2v) is 7.35. The maximum absolute atomic E-state index is 14.5. The molecule has 2 aliphatic rings. The molecule has 0 fully saturated rings. The molecule has 0 aliphatic carbocycles. The molecule has 0 saturated carbocycles. The first-order chi connectivity index (χ1) is 14.7. The molecule has 4 aromatic rings. The number of hydrogen-bond acceptors (Lipinski definition) is 5. The van der Waals surface area contributed by atoms with E-state index >= 15 is 0 Å². The molecule has 1 N–H and O–H groups in total. The Morgan fingerprint density at radius 2 is 2.07 bits per heavy atom. The molecule has 2 aliphatic heterocycles. The van der Waals surface area contributed by atoms with E-state index in [9.17, 15) is 9.18 Å². The number of nitrogens with zero attached hydrogens (tertiary/aromatic N) is 4. The van der Waals surface area contributed by atoms with Gasteiger partial charge in [0.25, 0.3) is 5.91 Å². The topological polar surface area (TPSA) is 81.4 Å². The second-order valence-electron chi connectivity index (χ2n) is 7.35. The van der Waals surface area contributed by atoms with Gasteiger partial charge in [0, 0.05) is 41.9 Å². The SMILES string of the molecule is O=C1Nc2ncccc2-c2cnc(CCc3c(F)ccc4c3CCO4)n3cnc1c23. The van der Waals surface area contributed by atoms with Crippen LogP contribution in [0.4, 0.5) is 10.2 Å². The van der Waals surface area contributed by atoms with E-state index in [0.29, 0.717) is 54.3 Å². The highest BCUT2D eigenvalue weighted by atomic mass is 19.1. The molecule has 1 amide bonds. The molecule has 3 aromatic heterocycles. The van der Waals surface area contributed by atoms with Gasteiger partial charge in [-0.3, -0.25) is 9.20 Å². The molecule has 7 nitrogen and oxygen atoms in total. The number of anilines is 1. The third kappa shape index (κ3) is 2.43. The number of nitrogens with one attached hydrogen (secondary N) is 1. The number of imidazole rings is 1. The number of aryl methyl sites for hydroxylation is 1. The molecule has 148 valence electrons. The maximum Gasteiger partial charge on any atom is 0.277 e.